The Balaban J connectivity index is 1.70. The van der Waals surface area contributed by atoms with Crippen molar-refractivity contribution in [2.24, 2.45) is 0 Å². The average Bonchev–Trinajstić information content (AvgIpc) is 2.73. The van der Waals surface area contributed by atoms with Crippen molar-refractivity contribution in [3.63, 3.8) is 0 Å². The van der Waals surface area contributed by atoms with E-state index >= 15 is 0 Å². The second-order valence-electron chi connectivity index (χ2n) is 6.31. The highest BCUT2D eigenvalue weighted by Gasteiger charge is 2.18. The quantitative estimate of drug-likeness (QED) is 0.561. The number of morpholine rings is 1. The Labute approximate surface area is 189 Å². The van der Waals surface area contributed by atoms with E-state index < -0.39 is 0 Å². The Morgan fingerprint density at radius 1 is 1.17 bits per heavy atom. The zero-order valence-corrected chi connectivity index (χ0v) is 18.6. The number of esters is 1. The molecule has 2 heterocycles. The van der Waals surface area contributed by atoms with Crippen LogP contribution in [0.1, 0.15) is 13.3 Å². The van der Waals surface area contributed by atoms with Crippen molar-refractivity contribution in [1.29, 1.82) is 0 Å². The van der Waals surface area contributed by atoms with Crippen molar-refractivity contribution in [1.82, 2.24) is 10.2 Å². The number of aromatic nitrogens is 2. The summed E-state index contributed by atoms with van der Waals surface area (Å²) in [5.41, 5.74) is 1.35. The van der Waals surface area contributed by atoms with Crippen LogP contribution in [0, 0.1) is 0 Å². The zero-order chi connectivity index (χ0) is 21.5. The van der Waals surface area contributed by atoms with Gasteiger partial charge in [0.15, 0.2) is 10.9 Å². The molecule has 30 heavy (non-hydrogen) atoms. The molecular weight excluding hydrogens is 455 g/mol. The lowest BCUT2D eigenvalue weighted by molar-refractivity contribution is -0.142. The van der Waals surface area contributed by atoms with Crippen LogP contribution in [0.5, 0.6) is 11.6 Å². The topological polar surface area (TPSA) is 85.8 Å². The molecule has 0 atom stereocenters. The summed E-state index contributed by atoms with van der Waals surface area (Å²) in [5, 5.41) is 11.9. The molecule has 0 unspecified atom stereocenters. The predicted molar refractivity (Wildman–Crippen MR) is 116 cm³/mol. The SMILES string of the molecule is CCOC(=O)CCNc1cc(Cl)c(Oc2cc(N3CCOCC3)c(Cl)nn2)c(Cl)c1. The molecule has 0 saturated carbocycles. The van der Waals surface area contributed by atoms with Gasteiger partial charge in [-0.15, -0.1) is 10.2 Å². The molecular formula is C19H21Cl3N4O4. The van der Waals surface area contributed by atoms with Gasteiger partial charge in [0.2, 0.25) is 5.88 Å². The monoisotopic (exact) mass is 474 g/mol. The number of hydrogen-bond acceptors (Lipinski definition) is 8. The molecule has 1 saturated heterocycles. The molecule has 0 aliphatic carbocycles. The Morgan fingerprint density at radius 2 is 1.87 bits per heavy atom. The third kappa shape index (κ3) is 6.01. The number of ether oxygens (including phenoxy) is 3. The number of benzene rings is 1. The number of hydrogen-bond donors (Lipinski definition) is 1. The second kappa shape index (κ2) is 10.9. The molecule has 0 amide bonds. The molecule has 0 radical (unpaired) electrons. The molecule has 2 aromatic rings. The minimum absolute atomic E-state index is 0.215. The summed E-state index contributed by atoms with van der Waals surface area (Å²) in [6.07, 6.45) is 0.228. The highest BCUT2D eigenvalue weighted by atomic mass is 35.5. The van der Waals surface area contributed by atoms with Crippen molar-refractivity contribution in [3.8, 4) is 11.6 Å². The fourth-order valence-corrected chi connectivity index (χ4v) is 3.61. The molecule has 0 spiro atoms. The molecule has 1 aromatic carbocycles. The molecule has 1 aromatic heterocycles. The van der Waals surface area contributed by atoms with Gasteiger partial charge in [-0.2, -0.15) is 0 Å². The number of halogens is 3. The van der Waals surface area contributed by atoms with E-state index in [2.05, 4.69) is 15.5 Å². The smallest absolute Gasteiger partial charge is 0.307 e. The van der Waals surface area contributed by atoms with Gasteiger partial charge in [0.1, 0.15) is 0 Å². The number of carbonyl (C=O) groups excluding carboxylic acids is 1. The molecule has 11 heteroatoms. The van der Waals surface area contributed by atoms with Gasteiger partial charge >= 0.3 is 5.97 Å². The lowest BCUT2D eigenvalue weighted by Gasteiger charge is -2.29. The normalized spacial score (nSPS) is 13.8. The Hall–Kier alpha value is -2.00. The van der Waals surface area contributed by atoms with Crippen molar-refractivity contribution in [3.05, 3.63) is 33.4 Å². The van der Waals surface area contributed by atoms with E-state index in [-0.39, 0.29) is 39.2 Å². The maximum absolute atomic E-state index is 11.4. The van der Waals surface area contributed by atoms with Gasteiger partial charge in [-0.25, -0.2) is 0 Å². The Bertz CT molecular complexity index is 871. The van der Waals surface area contributed by atoms with Crippen LogP contribution in [-0.2, 0) is 14.3 Å². The highest BCUT2D eigenvalue weighted by molar-refractivity contribution is 6.37. The number of nitrogens with zero attached hydrogens (tertiary/aromatic N) is 3. The summed E-state index contributed by atoms with van der Waals surface area (Å²) in [5.74, 6) is 0.186. The number of rotatable bonds is 8. The molecule has 8 nitrogen and oxygen atoms in total. The summed E-state index contributed by atoms with van der Waals surface area (Å²) in [4.78, 5) is 13.5. The van der Waals surface area contributed by atoms with E-state index in [4.69, 9.17) is 49.0 Å². The highest BCUT2D eigenvalue weighted by Crippen LogP contribution is 2.39. The first-order valence-corrected chi connectivity index (χ1v) is 10.5. The molecule has 0 bridgehead atoms. The summed E-state index contributed by atoms with van der Waals surface area (Å²) < 4.78 is 16.1. The van der Waals surface area contributed by atoms with E-state index in [9.17, 15) is 4.79 Å². The van der Waals surface area contributed by atoms with Crippen LogP contribution in [0.3, 0.4) is 0 Å². The Morgan fingerprint density at radius 3 is 2.53 bits per heavy atom. The van der Waals surface area contributed by atoms with Crippen LogP contribution >= 0.6 is 34.8 Å². The Kier molecular flexibility index (Phi) is 8.21. The fraction of sp³-hybridized carbons (Fsp3) is 0.421. The van der Waals surface area contributed by atoms with Gasteiger partial charge in [-0.3, -0.25) is 4.79 Å². The third-order valence-electron chi connectivity index (χ3n) is 4.23. The first-order valence-electron chi connectivity index (χ1n) is 9.40. The minimum atomic E-state index is -0.278. The molecule has 1 aliphatic heterocycles. The summed E-state index contributed by atoms with van der Waals surface area (Å²) in [6.45, 7) is 5.10. The number of anilines is 2. The third-order valence-corrected chi connectivity index (χ3v) is 5.06. The maximum atomic E-state index is 11.4. The lowest BCUT2D eigenvalue weighted by atomic mass is 10.3. The second-order valence-corrected chi connectivity index (χ2v) is 7.48. The van der Waals surface area contributed by atoms with Gasteiger partial charge in [0.25, 0.3) is 0 Å². The van der Waals surface area contributed by atoms with Gasteiger partial charge in [0.05, 0.1) is 42.0 Å². The first-order chi connectivity index (χ1) is 14.5. The summed E-state index contributed by atoms with van der Waals surface area (Å²) in [6, 6.07) is 5.00. The molecule has 1 N–H and O–H groups in total. The van der Waals surface area contributed by atoms with Crippen molar-refractivity contribution < 1.29 is 19.0 Å². The minimum Gasteiger partial charge on any atom is -0.466 e. The van der Waals surface area contributed by atoms with E-state index in [0.29, 0.717) is 50.8 Å². The van der Waals surface area contributed by atoms with E-state index in [1.165, 1.54) is 0 Å². The van der Waals surface area contributed by atoms with Crippen LogP contribution in [-0.4, -0.2) is 55.6 Å². The van der Waals surface area contributed by atoms with Crippen molar-refractivity contribution in [2.45, 2.75) is 13.3 Å². The van der Waals surface area contributed by atoms with Gasteiger partial charge in [-0.1, -0.05) is 34.8 Å². The average molecular weight is 476 g/mol. The van der Waals surface area contributed by atoms with Crippen LogP contribution < -0.4 is 15.0 Å². The summed E-state index contributed by atoms with van der Waals surface area (Å²) >= 11 is 18.9. The fourth-order valence-electron chi connectivity index (χ4n) is 2.83. The molecule has 1 fully saturated rings. The van der Waals surface area contributed by atoms with Gasteiger partial charge in [0, 0.05) is 31.4 Å². The van der Waals surface area contributed by atoms with Crippen molar-refractivity contribution in [2.75, 3.05) is 49.7 Å². The standard InChI is InChI=1S/C19H21Cl3N4O4/c1-2-29-17(27)3-4-23-12-9-13(20)18(14(21)10-12)30-16-11-15(19(22)25-24-16)26-5-7-28-8-6-26/h9-11,23H,2-8H2,1H3. The van der Waals surface area contributed by atoms with E-state index in [1.807, 2.05) is 4.90 Å². The van der Waals surface area contributed by atoms with E-state index in [1.54, 1.807) is 25.1 Å². The molecule has 162 valence electrons. The molecule has 3 rings (SSSR count). The van der Waals surface area contributed by atoms with Crippen LogP contribution in [0.2, 0.25) is 15.2 Å². The van der Waals surface area contributed by atoms with Crippen LogP contribution in [0.4, 0.5) is 11.4 Å². The van der Waals surface area contributed by atoms with Crippen LogP contribution in [0.25, 0.3) is 0 Å². The molecule has 1 aliphatic rings. The van der Waals surface area contributed by atoms with Gasteiger partial charge in [-0.05, 0) is 19.1 Å². The largest absolute Gasteiger partial charge is 0.466 e. The van der Waals surface area contributed by atoms with Gasteiger partial charge < -0.3 is 24.4 Å². The first kappa shape index (κ1) is 22.7. The number of nitrogens with one attached hydrogen (secondary N) is 1. The predicted octanol–water partition coefficient (Wildman–Crippen LogP) is 4.43. The maximum Gasteiger partial charge on any atom is 0.307 e. The summed E-state index contributed by atoms with van der Waals surface area (Å²) in [7, 11) is 0. The van der Waals surface area contributed by atoms with Crippen LogP contribution in [0.15, 0.2) is 18.2 Å². The number of carbonyl (C=O) groups is 1. The van der Waals surface area contributed by atoms with E-state index in [0.717, 1.165) is 0 Å². The zero-order valence-electron chi connectivity index (χ0n) is 16.3. The van der Waals surface area contributed by atoms with Crippen molar-refractivity contribution >= 4 is 52.1 Å². The lowest BCUT2D eigenvalue weighted by Crippen LogP contribution is -2.36.